The van der Waals surface area contributed by atoms with Gasteiger partial charge in [-0.3, -0.25) is 9.59 Å². The average Bonchev–Trinajstić information content (AvgIpc) is 2.95. The zero-order valence-corrected chi connectivity index (χ0v) is 15.0. The van der Waals surface area contributed by atoms with Gasteiger partial charge in [0.25, 0.3) is 5.56 Å². The Kier molecular flexibility index (Phi) is 5.01. The van der Waals surface area contributed by atoms with E-state index in [9.17, 15) is 9.59 Å². The fraction of sp³-hybridized carbons (Fsp3) is 0.235. The maximum atomic E-state index is 12.5. The summed E-state index contributed by atoms with van der Waals surface area (Å²) in [5.74, 6) is -0.0983. The first-order valence-corrected chi connectivity index (χ1v) is 9.35. The molecule has 1 atom stereocenters. The first-order chi connectivity index (χ1) is 11.6. The fourth-order valence-corrected chi connectivity index (χ4v) is 4.20. The summed E-state index contributed by atoms with van der Waals surface area (Å²) in [6.07, 6.45) is 0.633. The minimum Gasteiger partial charge on any atom is -0.325 e. The smallest absolute Gasteiger partial charge is 0.260 e. The Balaban J connectivity index is 1.80. The van der Waals surface area contributed by atoms with Crippen molar-refractivity contribution in [1.82, 2.24) is 9.97 Å². The molecule has 2 aromatic heterocycles. The van der Waals surface area contributed by atoms with Gasteiger partial charge in [-0.05, 0) is 36.4 Å². The molecule has 24 heavy (non-hydrogen) atoms. The number of amides is 1. The lowest BCUT2D eigenvalue weighted by Gasteiger charge is -2.14. The van der Waals surface area contributed by atoms with Crippen molar-refractivity contribution in [3.05, 3.63) is 51.6 Å². The Morgan fingerprint density at radius 2 is 2.12 bits per heavy atom. The summed E-state index contributed by atoms with van der Waals surface area (Å²) in [5, 5.41) is 5.59. The molecular weight excluding hydrogens is 342 g/mol. The zero-order valence-electron chi connectivity index (χ0n) is 13.3. The van der Waals surface area contributed by atoms with Gasteiger partial charge in [-0.25, -0.2) is 4.98 Å². The number of thioether (sulfide) groups is 1. The van der Waals surface area contributed by atoms with Crippen molar-refractivity contribution >= 4 is 44.9 Å². The van der Waals surface area contributed by atoms with Crippen LogP contribution >= 0.6 is 23.1 Å². The average molecular weight is 359 g/mol. The number of rotatable bonds is 5. The molecule has 124 valence electrons. The molecule has 2 N–H and O–H groups in total. The summed E-state index contributed by atoms with van der Waals surface area (Å²) < 4.78 is 0. The molecule has 0 bridgehead atoms. The minimum atomic E-state index is -0.327. The number of carbonyl (C=O) groups excluding carboxylic acids is 1. The van der Waals surface area contributed by atoms with Gasteiger partial charge < -0.3 is 10.3 Å². The third kappa shape index (κ3) is 3.52. The molecule has 0 saturated carbocycles. The topological polar surface area (TPSA) is 74.8 Å². The predicted octanol–water partition coefficient (Wildman–Crippen LogP) is 3.80. The largest absolute Gasteiger partial charge is 0.325 e. The van der Waals surface area contributed by atoms with E-state index >= 15 is 0 Å². The number of nitrogens with one attached hydrogen (secondary N) is 2. The van der Waals surface area contributed by atoms with Gasteiger partial charge in [0.2, 0.25) is 5.91 Å². The minimum absolute atomic E-state index is 0.0983. The SMILES string of the molecule is CC[C@H](Sc1nc2scc(C)c2c(=O)[nH]1)C(=O)Nc1ccccc1. The van der Waals surface area contributed by atoms with Crippen LogP contribution in [0.25, 0.3) is 10.2 Å². The summed E-state index contributed by atoms with van der Waals surface area (Å²) in [5.41, 5.74) is 1.53. The van der Waals surface area contributed by atoms with E-state index in [4.69, 9.17) is 0 Å². The number of hydrogen-bond acceptors (Lipinski definition) is 5. The van der Waals surface area contributed by atoms with Crippen LogP contribution in [0.15, 0.2) is 45.7 Å². The number of para-hydroxylation sites is 1. The van der Waals surface area contributed by atoms with Crippen LogP contribution < -0.4 is 10.9 Å². The highest BCUT2D eigenvalue weighted by Gasteiger charge is 2.20. The van der Waals surface area contributed by atoms with Crippen LogP contribution in [0.2, 0.25) is 0 Å². The number of thiophene rings is 1. The summed E-state index contributed by atoms with van der Waals surface area (Å²) in [7, 11) is 0. The van der Waals surface area contributed by atoms with E-state index in [0.717, 1.165) is 11.3 Å². The summed E-state index contributed by atoms with van der Waals surface area (Å²) in [6, 6.07) is 9.33. The summed E-state index contributed by atoms with van der Waals surface area (Å²) in [4.78, 5) is 32.6. The molecule has 1 amide bonds. The quantitative estimate of drug-likeness (QED) is 0.537. The number of aryl methyl sites for hydroxylation is 1. The van der Waals surface area contributed by atoms with Crippen LogP contribution in [-0.4, -0.2) is 21.1 Å². The van der Waals surface area contributed by atoms with Crippen LogP contribution in [0.5, 0.6) is 0 Å². The summed E-state index contributed by atoms with van der Waals surface area (Å²) in [6.45, 7) is 3.83. The number of hydrogen-bond donors (Lipinski definition) is 2. The number of carbonyl (C=O) groups is 1. The Morgan fingerprint density at radius 3 is 2.83 bits per heavy atom. The lowest BCUT2D eigenvalue weighted by molar-refractivity contribution is -0.115. The molecule has 7 heteroatoms. The number of benzene rings is 1. The Hall–Kier alpha value is -2.12. The third-order valence-corrected chi connectivity index (χ3v) is 5.80. The molecule has 2 heterocycles. The molecule has 3 aromatic rings. The Morgan fingerprint density at radius 1 is 1.38 bits per heavy atom. The second-order valence-corrected chi connectivity index (χ2v) is 7.39. The normalized spacial score (nSPS) is 12.2. The number of aromatic nitrogens is 2. The lowest BCUT2D eigenvalue weighted by Crippen LogP contribution is -2.25. The molecule has 1 aromatic carbocycles. The molecule has 0 fully saturated rings. The van der Waals surface area contributed by atoms with Crippen LogP contribution in [0.1, 0.15) is 18.9 Å². The van der Waals surface area contributed by atoms with E-state index < -0.39 is 0 Å². The summed E-state index contributed by atoms with van der Waals surface area (Å²) >= 11 is 2.73. The number of fused-ring (bicyclic) bond motifs is 1. The van der Waals surface area contributed by atoms with Gasteiger partial charge in [-0.2, -0.15) is 0 Å². The van der Waals surface area contributed by atoms with Gasteiger partial charge in [-0.1, -0.05) is 36.9 Å². The molecule has 0 aliphatic heterocycles. The van der Waals surface area contributed by atoms with Crippen LogP contribution in [-0.2, 0) is 4.79 Å². The number of H-pyrrole nitrogens is 1. The van der Waals surface area contributed by atoms with Crippen molar-refractivity contribution in [2.45, 2.75) is 30.7 Å². The molecule has 0 saturated heterocycles. The van der Waals surface area contributed by atoms with Gasteiger partial charge in [0.15, 0.2) is 5.16 Å². The third-order valence-electron chi connectivity index (χ3n) is 3.56. The Bertz CT molecular complexity index is 918. The van der Waals surface area contributed by atoms with Crippen molar-refractivity contribution in [2.24, 2.45) is 0 Å². The highest BCUT2D eigenvalue weighted by atomic mass is 32.2. The van der Waals surface area contributed by atoms with Crippen LogP contribution in [0.4, 0.5) is 5.69 Å². The van der Waals surface area contributed by atoms with Crippen molar-refractivity contribution in [3.8, 4) is 0 Å². The van der Waals surface area contributed by atoms with Crippen molar-refractivity contribution in [2.75, 3.05) is 5.32 Å². The maximum Gasteiger partial charge on any atom is 0.260 e. The van der Waals surface area contributed by atoms with Gasteiger partial charge in [-0.15, -0.1) is 11.3 Å². The first kappa shape index (κ1) is 16.7. The van der Waals surface area contributed by atoms with Gasteiger partial charge >= 0.3 is 0 Å². The maximum absolute atomic E-state index is 12.5. The second-order valence-electron chi connectivity index (χ2n) is 5.34. The zero-order chi connectivity index (χ0) is 17.1. The van der Waals surface area contributed by atoms with E-state index in [-0.39, 0.29) is 16.7 Å². The van der Waals surface area contributed by atoms with Crippen molar-refractivity contribution in [3.63, 3.8) is 0 Å². The number of anilines is 1. The molecule has 0 spiro atoms. The van der Waals surface area contributed by atoms with Gasteiger partial charge in [0.1, 0.15) is 4.83 Å². The van der Waals surface area contributed by atoms with Crippen molar-refractivity contribution < 1.29 is 4.79 Å². The number of aromatic amines is 1. The molecule has 0 radical (unpaired) electrons. The predicted molar refractivity (Wildman–Crippen MR) is 100.0 cm³/mol. The van der Waals surface area contributed by atoms with Crippen LogP contribution in [0, 0.1) is 6.92 Å². The Labute approximate surface area is 147 Å². The molecule has 0 aliphatic carbocycles. The lowest BCUT2D eigenvalue weighted by atomic mass is 10.3. The van der Waals surface area contributed by atoms with E-state index in [2.05, 4.69) is 15.3 Å². The van der Waals surface area contributed by atoms with E-state index in [1.54, 1.807) is 0 Å². The number of nitrogens with zero attached hydrogens (tertiary/aromatic N) is 1. The molecular formula is C17H17N3O2S2. The van der Waals surface area contributed by atoms with Crippen LogP contribution in [0.3, 0.4) is 0 Å². The van der Waals surface area contributed by atoms with E-state index in [0.29, 0.717) is 21.8 Å². The van der Waals surface area contributed by atoms with E-state index in [1.165, 1.54) is 23.1 Å². The molecule has 3 rings (SSSR count). The second kappa shape index (κ2) is 7.19. The molecule has 0 unspecified atom stereocenters. The first-order valence-electron chi connectivity index (χ1n) is 7.59. The fourth-order valence-electron chi connectivity index (χ4n) is 2.33. The van der Waals surface area contributed by atoms with Crippen molar-refractivity contribution in [1.29, 1.82) is 0 Å². The molecule has 0 aliphatic rings. The highest BCUT2D eigenvalue weighted by molar-refractivity contribution is 8.00. The molecule has 5 nitrogen and oxygen atoms in total. The van der Waals surface area contributed by atoms with Gasteiger partial charge in [0, 0.05) is 5.69 Å². The highest BCUT2D eigenvalue weighted by Crippen LogP contribution is 2.26. The standard InChI is InChI=1S/C17H17N3O2S2/c1-3-12(14(21)18-11-7-5-4-6-8-11)24-17-19-15(22)13-10(2)9-23-16(13)20-17/h4-9,12H,3H2,1-2H3,(H,18,21)(H,19,20,22)/t12-/m0/s1. The van der Waals surface area contributed by atoms with E-state index in [1.807, 2.05) is 49.6 Å². The monoisotopic (exact) mass is 359 g/mol. The van der Waals surface area contributed by atoms with Gasteiger partial charge in [0.05, 0.1) is 10.6 Å².